The Morgan fingerprint density at radius 3 is 2.54 bits per heavy atom. The molecule has 0 radical (unpaired) electrons. The molecule has 7 nitrogen and oxygen atoms in total. The van der Waals surface area contributed by atoms with E-state index in [1.807, 2.05) is 24.3 Å². The molecule has 0 aliphatic carbocycles. The minimum Gasteiger partial charge on any atom is -0.496 e. The predicted octanol–water partition coefficient (Wildman–Crippen LogP) is 2.72. The fourth-order valence-electron chi connectivity index (χ4n) is 2.87. The van der Waals surface area contributed by atoms with Crippen LogP contribution >= 0.6 is 0 Å². The number of ether oxygens (including phenoxy) is 2. The normalized spacial score (nSPS) is 11.6. The largest absolute Gasteiger partial charge is 0.496 e. The first-order valence-corrected chi connectivity index (χ1v) is 8.72. The van der Waals surface area contributed by atoms with Gasteiger partial charge in [0.1, 0.15) is 12.3 Å². The number of H-pyrrole nitrogens is 1. The van der Waals surface area contributed by atoms with E-state index in [1.54, 1.807) is 30.5 Å². The zero-order chi connectivity index (χ0) is 20.1. The average molecular weight is 380 g/mol. The van der Waals surface area contributed by atoms with E-state index in [1.165, 1.54) is 14.0 Å². The van der Waals surface area contributed by atoms with Crippen LogP contribution in [0.3, 0.4) is 0 Å². The van der Waals surface area contributed by atoms with Crippen LogP contribution < -0.4 is 10.1 Å². The molecular formula is C21H20N2O5. The van der Waals surface area contributed by atoms with Crippen molar-refractivity contribution in [3.05, 3.63) is 65.9 Å². The first-order valence-electron chi connectivity index (χ1n) is 8.72. The van der Waals surface area contributed by atoms with Gasteiger partial charge in [-0.25, -0.2) is 0 Å². The molecule has 0 bridgehead atoms. The third-order valence-corrected chi connectivity index (χ3v) is 4.28. The van der Waals surface area contributed by atoms with Crippen molar-refractivity contribution in [3.63, 3.8) is 0 Å². The number of carbonyl (C=O) groups is 3. The number of amides is 1. The van der Waals surface area contributed by atoms with Crippen LogP contribution in [0, 0.1) is 0 Å². The molecule has 28 heavy (non-hydrogen) atoms. The van der Waals surface area contributed by atoms with Gasteiger partial charge in [0.15, 0.2) is 6.10 Å². The van der Waals surface area contributed by atoms with Gasteiger partial charge in [-0.1, -0.05) is 30.3 Å². The van der Waals surface area contributed by atoms with Gasteiger partial charge in [-0.3, -0.25) is 14.4 Å². The van der Waals surface area contributed by atoms with Crippen LogP contribution in [0.15, 0.2) is 54.7 Å². The van der Waals surface area contributed by atoms with E-state index in [4.69, 9.17) is 9.47 Å². The number of Topliss-reactive ketones (excluding diaryl/α,β-unsaturated/α-hetero) is 1. The monoisotopic (exact) mass is 380 g/mol. The molecular weight excluding hydrogens is 360 g/mol. The van der Waals surface area contributed by atoms with E-state index in [9.17, 15) is 14.4 Å². The molecule has 0 aliphatic heterocycles. The maximum Gasteiger partial charge on any atom is 0.326 e. The molecule has 0 saturated carbocycles. The quantitative estimate of drug-likeness (QED) is 0.485. The van der Waals surface area contributed by atoms with Gasteiger partial charge < -0.3 is 19.8 Å². The maximum atomic E-state index is 12.6. The summed E-state index contributed by atoms with van der Waals surface area (Å²) in [7, 11) is 1.46. The summed E-state index contributed by atoms with van der Waals surface area (Å²) in [6, 6.07) is 14.0. The molecule has 1 aromatic heterocycles. The summed E-state index contributed by atoms with van der Waals surface area (Å²) in [5.74, 6) is -1.09. The van der Waals surface area contributed by atoms with Gasteiger partial charge >= 0.3 is 5.97 Å². The smallest absolute Gasteiger partial charge is 0.326 e. The zero-order valence-electron chi connectivity index (χ0n) is 15.5. The van der Waals surface area contributed by atoms with Gasteiger partial charge in [0, 0.05) is 22.7 Å². The first kappa shape index (κ1) is 19.2. The number of aromatic nitrogens is 1. The van der Waals surface area contributed by atoms with E-state index in [-0.39, 0.29) is 12.3 Å². The van der Waals surface area contributed by atoms with Gasteiger partial charge in [0.2, 0.25) is 5.78 Å². The highest BCUT2D eigenvalue weighted by molar-refractivity contribution is 6.10. The van der Waals surface area contributed by atoms with Crippen molar-refractivity contribution in [3.8, 4) is 5.75 Å². The summed E-state index contributed by atoms with van der Waals surface area (Å²) < 4.78 is 10.3. The van der Waals surface area contributed by atoms with Crippen molar-refractivity contribution in [2.45, 2.75) is 13.0 Å². The fraction of sp³-hybridized carbons (Fsp3) is 0.190. The van der Waals surface area contributed by atoms with E-state index in [0.717, 1.165) is 10.9 Å². The lowest BCUT2D eigenvalue weighted by Crippen LogP contribution is -2.34. The molecule has 0 spiro atoms. The van der Waals surface area contributed by atoms with E-state index < -0.39 is 18.0 Å². The van der Waals surface area contributed by atoms with Crippen LogP contribution in [0.1, 0.15) is 27.6 Å². The standard InChI is InChI=1S/C21H20N2O5/c1-13(20(25)16-11-22-17-9-5-3-7-14(16)17)28-19(24)12-23-21(26)15-8-4-6-10-18(15)27-2/h3-11,13,22H,12H2,1-2H3,(H,23,26)/t13-/m1/s1. The first-order chi connectivity index (χ1) is 13.5. The Labute approximate surface area is 161 Å². The van der Waals surface area contributed by atoms with Crippen LogP contribution in [0.4, 0.5) is 0 Å². The predicted molar refractivity (Wildman–Crippen MR) is 104 cm³/mol. The lowest BCUT2D eigenvalue weighted by molar-refractivity contribution is -0.145. The highest BCUT2D eigenvalue weighted by Gasteiger charge is 2.22. The fourth-order valence-corrected chi connectivity index (χ4v) is 2.87. The number of esters is 1. The molecule has 7 heteroatoms. The molecule has 3 rings (SSSR count). The van der Waals surface area contributed by atoms with Gasteiger partial charge in [-0.2, -0.15) is 0 Å². The van der Waals surface area contributed by atoms with Crippen molar-refractivity contribution < 1.29 is 23.9 Å². The molecule has 0 unspecified atom stereocenters. The highest BCUT2D eigenvalue weighted by Crippen LogP contribution is 2.20. The van der Waals surface area contributed by atoms with Gasteiger partial charge in [-0.15, -0.1) is 0 Å². The Morgan fingerprint density at radius 2 is 1.75 bits per heavy atom. The lowest BCUT2D eigenvalue weighted by atomic mass is 10.1. The molecule has 2 aromatic carbocycles. The van der Waals surface area contributed by atoms with Crippen LogP contribution in [0.2, 0.25) is 0 Å². The number of fused-ring (bicyclic) bond motifs is 1. The molecule has 1 heterocycles. The van der Waals surface area contributed by atoms with Crippen LogP contribution in [-0.2, 0) is 9.53 Å². The summed E-state index contributed by atoms with van der Waals surface area (Å²) in [5.41, 5.74) is 1.59. The van der Waals surface area contributed by atoms with Crippen molar-refractivity contribution in [2.75, 3.05) is 13.7 Å². The third-order valence-electron chi connectivity index (χ3n) is 4.28. The highest BCUT2D eigenvalue weighted by atomic mass is 16.5. The van der Waals surface area contributed by atoms with Crippen molar-refractivity contribution >= 4 is 28.6 Å². The lowest BCUT2D eigenvalue weighted by Gasteiger charge is -2.13. The number of hydrogen-bond donors (Lipinski definition) is 2. The van der Waals surface area contributed by atoms with E-state index in [2.05, 4.69) is 10.3 Å². The second-order valence-electron chi connectivity index (χ2n) is 6.13. The molecule has 0 saturated heterocycles. The Hall–Kier alpha value is -3.61. The number of aromatic amines is 1. The molecule has 3 aromatic rings. The van der Waals surface area contributed by atoms with Crippen LogP contribution in [0.5, 0.6) is 5.75 Å². The van der Waals surface area contributed by atoms with Crippen LogP contribution in [-0.4, -0.2) is 42.4 Å². The van der Waals surface area contributed by atoms with E-state index >= 15 is 0 Å². The number of nitrogens with one attached hydrogen (secondary N) is 2. The summed E-state index contributed by atoms with van der Waals surface area (Å²) in [6.45, 7) is 1.15. The summed E-state index contributed by atoms with van der Waals surface area (Å²) in [6.07, 6.45) is 0.621. The Balaban J connectivity index is 1.58. The average Bonchev–Trinajstić information content (AvgIpc) is 3.15. The summed E-state index contributed by atoms with van der Waals surface area (Å²) >= 11 is 0. The van der Waals surface area contributed by atoms with Gasteiger partial charge in [0.25, 0.3) is 5.91 Å². The van der Waals surface area contributed by atoms with Gasteiger partial charge in [0.05, 0.1) is 12.7 Å². The molecule has 144 valence electrons. The molecule has 0 fully saturated rings. The Morgan fingerprint density at radius 1 is 1.04 bits per heavy atom. The maximum absolute atomic E-state index is 12.6. The third kappa shape index (κ3) is 4.03. The number of hydrogen-bond acceptors (Lipinski definition) is 5. The van der Waals surface area contributed by atoms with Crippen LogP contribution in [0.25, 0.3) is 10.9 Å². The number of para-hydroxylation sites is 2. The number of methoxy groups -OCH3 is 1. The van der Waals surface area contributed by atoms with E-state index in [0.29, 0.717) is 16.9 Å². The second-order valence-corrected chi connectivity index (χ2v) is 6.13. The minimum absolute atomic E-state index is 0.306. The SMILES string of the molecule is COc1ccccc1C(=O)NCC(=O)O[C@H](C)C(=O)c1c[nH]c2ccccc12. The molecule has 1 amide bonds. The molecule has 2 N–H and O–H groups in total. The Kier molecular flexibility index (Phi) is 5.74. The second kappa shape index (κ2) is 8.39. The number of ketones is 1. The number of carbonyl (C=O) groups excluding carboxylic acids is 3. The summed E-state index contributed by atoms with van der Waals surface area (Å²) in [5, 5.41) is 3.23. The number of benzene rings is 2. The molecule has 0 aliphatic rings. The number of rotatable bonds is 7. The minimum atomic E-state index is -0.977. The zero-order valence-corrected chi connectivity index (χ0v) is 15.5. The molecule has 1 atom stereocenters. The van der Waals surface area contributed by atoms with Crippen molar-refractivity contribution in [1.29, 1.82) is 0 Å². The summed E-state index contributed by atoms with van der Waals surface area (Å²) in [4.78, 5) is 39.9. The Bertz CT molecular complexity index is 1020. The van der Waals surface area contributed by atoms with Crippen molar-refractivity contribution in [1.82, 2.24) is 10.3 Å². The van der Waals surface area contributed by atoms with Gasteiger partial charge in [-0.05, 0) is 25.1 Å². The topological polar surface area (TPSA) is 97.5 Å². The van der Waals surface area contributed by atoms with Crippen molar-refractivity contribution in [2.24, 2.45) is 0 Å².